The maximum absolute atomic E-state index is 14.6. The van der Waals surface area contributed by atoms with Crippen molar-refractivity contribution in [1.82, 2.24) is 20.0 Å². The fourth-order valence-corrected chi connectivity index (χ4v) is 4.35. The largest absolute Gasteiger partial charge is 0.354 e. The first-order chi connectivity index (χ1) is 15.1. The molecule has 2 aromatic carbocycles. The van der Waals surface area contributed by atoms with Crippen LogP contribution in [0.1, 0.15) is 36.4 Å². The lowest BCUT2D eigenvalue weighted by Crippen LogP contribution is -2.37. The van der Waals surface area contributed by atoms with E-state index in [9.17, 15) is 9.18 Å². The molecule has 1 aliphatic rings. The molecular formula is C24H26ClFN4O. The van der Waals surface area contributed by atoms with Gasteiger partial charge < -0.3 is 5.32 Å². The summed E-state index contributed by atoms with van der Waals surface area (Å²) in [6.45, 7) is 2.09. The van der Waals surface area contributed by atoms with E-state index in [1.54, 1.807) is 23.0 Å². The summed E-state index contributed by atoms with van der Waals surface area (Å²) in [5.41, 5.74) is 2.44. The summed E-state index contributed by atoms with van der Waals surface area (Å²) in [4.78, 5) is 14.7. The predicted molar refractivity (Wildman–Crippen MR) is 120 cm³/mol. The summed E-state index contributed by atoms with van der Waals surface area (Å²) in [5.74, 6) is -0.393. The van der Waals surface area contributed by atoms with Gasteiger partial charge in [-0.25, -0.2) is 9.07 Å². The second-order valence-corrected chi connectivity index (χ2v) is 8.23. The minimum Gasteiger partial charge on any atom is -0.354 e. The van der Waals surface area contributed by atoms with Crippen LogP contribution in [0, 0.1) is 5.82 Å². The molecule has 162 valence electrons. The van der Waals surface area contributed by atoms with Crippen LogP contribution in [0.2, 0.25) is 5.02 Å². The van der Waals surface area contributed by atoms with E-state index in [2.05, 4.69) is 15.3 Å². The van der Waals surface area contributed by atoms with E-state index in [0.717, 1.165) is 37.2 Å². The number of carbonyl (C=O) groups is 1. The van der Waals surface area contributed by atoms with Crippen LogP contribution in [0.5, 0.6) is 0 Å². The summed E-state index contributed by atoms with van der Waals surface area (Å²) in [5, 5.41) is 7.76. The van der Waals surface area contributed by atoms with E-state index in [1.807, 2.05) is 36.5 Å². The number of aryl methyl sites for hydroxylation is 1. The smallest absolute Gasteiger partial charge is 0.220 e. The number of amides is 1. The van der Waals surface area contributed by atoms with Crippen LogP contribution in [-0.2, 0) is 11.2 Å². The van der Waals surface area contributed by atoms with Gasteiger partial charge >= 0.3 is 0 Å². The van der Waals surface area contributed by atoms with E-state index in [-0.39, 0.29) is 17.8 Å². The third-order valence-corrected chi connectivity index (χ3v) is 6.03. The third-order valence-electron chi connectivity index (χ3n) is 5.70. The lowest BCUT2D eigenvalue weighted by molar-refractivity contribution is -0.121. The van der Waals surface area contributed by atoms with E-state index in [0.29, 0.717) is 30.0 Å². The number of para-hydroxylation sites is 1. The number of halogens is 2. The first-order valence-electron chi connectivity index (χ1n) is 10.7. The Bertz CT molecular complexity index is 997. The summed E-state index contributed by atoms with van der Waals surface area (Å²) < 4.78 is 16.4. The highest BCUT2D eigenvalue weighted by molar-refractivity contribution is 6.31. The topological polar surface area (TPSA) is 50.2 Å². The zero-order valence-electron chi connectivity index (χ0n) is 17.3. The van der Waals surface area contributed by atoms with Gasteiger partial charge in [0, 0.05) is 29.7 Å². The zero-order chi connectivity index (χ0) is 21.6. The van der Waals surface area contributed by atoms with Gasteiger partial charge in [-0.05, 0) is 62.2 Å². The highest BCUT2D eigenvalue weighted by Crippen LogP contribution is 2.32. The number of hydrogen-bond donors (Lipinski definition) is 1. The predicted octanol–water partition coefficient (Wildman–Crippen LogP) is 4.55. The number of likely N-dealkylation sites (tertiary alicyclic amines) is 1. The number of nitrogens with zero attached hydrogens (tertiary/aromatic N) is 3. The van der Waals surface area contributed by atoms with Crippen molar-refractivity contribution in [3.05, 3.63) is 82.9 Å². The van der Waals surface area contributed by atoms with Gasteiger partial charge in [0.25, 0.3) is 0 Å². The van der Waals surface area contributed by atoms with Gasteiger partial charge in [-0.2, -0.15) is 5.10 Å². The Balaban J connectivity index is 1.36. The second kappa shape index (κ2) is 10.1. The van der Waals surface area contributed by atoms with Crippen LogP contribution >= 0.6 is 11.6 Å². The van der Waals surface area contributed by atoms with E-state index < -0.39 is 0 Å². The minimum atomic E-state index is -0.327. The summed E-state index contributed by atoms with van der Waals surface area (Å²) in [7, 11) is 0. The Labute approximate surface area is 186 Å². The van der Waals surface area contributed by atoms with Crippen molar-refractivity contribution >= 4 is 17.5 Å². The fourth-order valence-electron chi connectivity index (χ4n) is 4.06. The highest BCUT2D eigenvalue weighted by atomic mass is 35.5. The molecule has 1 atom stereocenters. The zero-order valence-corrected chi connectivity index (χ0v) is 18.1. The molecule has 0 aliphatic carbocycles. The molecule has 5 nitrogen and oxygen atoms in total. The molecule has 0 bridgehead atoms. The Hall–Kier alpha value is -2.70. The number of carbonyl (C=O) groups excluding carboxylic acids is 1. The lowest BCUT2D eigenvalue weighted by Gasteiger charge is -2.29. The van der Waals surface area contributed by atoms with Gasteiger partial charge in [0.2, 0.25) is 5.91 Å². The molecule has 1 amide bonds. The third kappa shape index (κ3) is 5.32. The maximum atomic E-state index is 14.6. The van der Waals surface area contributed by atoms with Crippen LogP contribution in [0.3, 0.4) is 0 Å². The molecule has 1 N–H and O–H groups in total. The second-order valence-electron chi connectivity index (χ2n) is 7.83. The lowest BCUT2D eigenvalue weighted by atomic mass is 10.0. The highest BCUT2D eigenvalue weighted by Gasteiger charge is 2.28. The molecular weight excluding hydrogens is 415 g/mol. The van der Waals surface area contributed by atoms with Crippen LogP contribution in [0.25, 0.3) is 5.69 Å². The standard InChI is InChI=1S/C24H26ClFN4O/c25-20-9-6-10-21(26)24(20)22(29-13-4-5-14-29)16-27-23(31)12-11-18-15-28-30(17-18)19-7-2-1-3-8-19/h1-3,6-10,15,17,22H,4-5,11-14,16H2,(H,27,31). The number of nitrogens with one attached hydrogen (secondary N) is 1. The molecule has 0 saturated carbocycles. The Kier molecular flexibility index (Phi) is 6.99. The average Bonchev–Trinajstić information content (AvgIpc) is 3.47. The quantitative estimate of drug-likeness (QED) is 0.559. The SMILES string of the molecule is O=C(CCc1cnn(-c2ccccc2)c1)NCC(c1c(F)cccc1Cl)N1CCCC1. The molecule has 1 saturated heterocycles. The number of benzene rings is 2. The average molecular weight is 441 g/mol. The molecule has 4 rings (SSSR count). The van der Waals surface area contributed by atoms with Gasteiger partial charge in [-0.1, -0.05) is 35.9 Å². The van der Waals surface area contributed by atoms with E-state index in [4.69, 9.17) is 11.6 Å². The van der Waals surface area contributed by atoms with Crippen LogP contribution < -0.4 is 5.32 Å². The van der Waals surface area contributed by atoms with Gasteiger partial charge in [-0.15, -0.1) is 0 Å². The van der Waals surface area contributed by atoms with E-state index >= 15 is 0 Å². The van der Waals surface area contributed by atoms with Crippen molar-refractivity contribution in [3.63, 3.8) is 0 Å². The number of aromatic nitrogens is 2. The van der Waals surface area contributed by atoms with Gasteiger partial charge in [0.1, 0.15) is 5.82 Å². The van der Waals surface area contributed by atoms with Gasteiger partial charge in [0.05, 0.1) is 17.9 Å². The normalized spacial score (nSPS) is 15.2. The van der Waals surface area contributed by atoms with Crippen molar-refractivity contribution < 1.29 is 9.18 Å². The maximum Gasteiger partial charge on any atom is 0.220 e. The molecule has 31 heavy (non-hydrogen) atoms. The Morgan fingerprint density at radius 2 is 1.90 bits per heavy atom. The molecule has 3 aromatic rings. The first-order valence-corrected chi connectivity index (χ1v) is 11.0. The molecule has 1 unspecified atom stereocenters. The van der Waals surface area contributed by atoms with Crippen molar-refractivity contribution in [3.8, 4) is 5.69 Å². The van der Waals surface area contributed by atoms with Gasteiger partial charge in [0.15, 0.2) is 0 Å². The Morgan fingerprint density at radius 1 is 1.13 bits per heavy atom. The van der Waals surface area contributed by atoms with E-state index in [1.165, 1.54) is 6.07 Å². The monoisotopic (exact) mass is 440 g/mol. The van der Waals surface area contributed by atoms with Crippen LogP contribution in [0.15, 0.2) is 60.9 Å². The van der Waals surface area contributed by atoms with Crippen molar-refractivity contribution in [2.75, 3.05) is 19.6 Å². The molecule has 1 aromatic heterocycles. The molecule has 7 heteroatoms. The summed E-state index contributed by atoms with van der Waals surface area (Å²) in [6.07, 6.45) is 6.80. The van der Waals surface area contributed by atoms with Crippen LogP contribution in [0.4, 0.5) is 4.39 Å². The number of rotatable bonds is 8. The van der Waals surface area contributed by atoms with Crippen molar-refractivity contribution in [2.24, 2.45) is 0 Å². The molecule has 0 spiro atoms. The summed E-state index contributed by atoms with van der Waals surface area (Å²) >= 11 is 6.32. The first kappa shape index (κ1) is 21.5. The number of hydrogen-bond acceptors (Lipinski definition) is 3. The van der Waals surface area contributed by atoms with Gasteiger partial charge in [-0.3, -0.25) is 9.69 Å². The Morgan fingerprint density at radius 3 is 2.65 bits per heavy atom. The molecule has 2 heterocycles. The van der Waals surface area contributed by atoms with Crippen molar-refractivity contribution in [1.29, 1.82) is 0 Å². The fraction of sp³-hybridized carbons (Fsp3) is 0.333. The molecule has 0 radical (unpaired) electrons. The van der Waals surface area contributed by atoms with Crippen LogP contribution in [-0.4, -0.2) is 40.2 Å². The molecule has 1 aliphatic heterocycles. The van der Waals surface area contributed by atoms with Crippen molar-refractivity contribution in [2.45, 2.75) is 31.7 Å². The minimum absolute atomic E-state index is 0.0656. The summed E-state index contributed by atoms with van der Waals surface area (Å²) in [6, 6.07) is 14.3. The molecule has 1 fully saturated rings.